The van der Waals surface area contributed by atoms with E-state index in [0.717, 1.165) is 17.9 Å². The molecule has 88 valence electrons. The first-order valence-electron chi connectivity index (χ1n) is 5.04. The average Bonchev–Trinajstić information content (AvgIpc) is 2.65. The molecular formula is C9H13N3O2S2. The molecule has 0 radical (unpaired) electrons. The number of nitrogens with one attached hydrogen (secondary N) is 1. The van der Waals surface area contributed by atoms with Crippen LogP contribution in [0.15, 0.2) is 6.20 Å². The predicted molar refractivity (Wildman–Crippen MR) is 67.4 cm³/mol. The standard InChI is InChI=1S/C9H13N3O2S2/c1-15-9(3-2-4-9)6-11-8-10-5-7(16-8)12(13)14/h5H,2-4,6H2,1H3,(H,10,11). The van der Waals surface area contributed by atoms with Crippen LogP contribution in [0, 0.1) is 10.1 Å². The zero-order valence-electron chi connectivity index (χ0n) is 8.93. The van der Waals surface area contributed by atoms with Crippen molar-refractivity contribution in [1.82, 2.24) is 4.98 Å². The fourth-order valence-electron chi connectivity index (χ4n) is 1.69. The number of aromatic nitrogens is 1. The highest BCUT2D eigenvalue weighted by Gasteiger charge is 2.36. The van der Waals surface area contributed by atoms with E-state index in [9.17, 15) is 10.1 Å². The van der Waals surface area contributed by atoms with Crippen molar-refractivity contribution in [2.24, 2.45) is 0 Å². The molecule has 2 rings (SSSR count). The number of thioether (sulfide) groups is 1. The van der Waals surface area contributed by atoms with E-state index in [2.05, 4.69) is 16.6 Å². The normalized spacial score (nSPS) is 17.8. The average molecular weight is 259 g/mol. The Labute approximate surface area is 102 Å². The van der Waals surface area contributed by atoms with Crippen LogP contribution in [0.5, 0.6) is 0 Å². The van der Waals surface area contributed by atoms with Crippen molar-refractivity contribution in [2.75, 3.05) is 18.1 Å². The zero-order valence-corrected chi connectivity index (χ0v) is 10.6. The van der Waals surface area contributed by atoms with Gasteiger partial charge >= 0.3 is 5.00 Å². The van der Waals surface area contributed by atoms with Crippen LogP contribution >= 0.6 is 23.1 Å². The number of hydrogen-bond donors (Lipinski definition) is 1. The Morgan fingerprint density at radius 1 is 1.75 bits per heavy atom. The van der Waals surface area contributed by atoms with Gasteiger partial charge in [0.1, 0.15) is 6.20 Å². The SMILES string of the molecule is CSC1(CNc2ncc([N+](=O)[O-])s2)CCC1. The van der Waals surface area contributed by atoms with E-state index in [1.54, 1.807) is 0 Å². The van der Waals surface area contributed by atoms with Crippen molar-refractivity contribution in [2.45, 2.75) is 24.0 Å². The summed E-state index contributed by atoms with van der Waals surface area (Å²) in [4.78, 5) is 14.1. The molecule has 5 nitrogen and oxygen atoms in total. The van der Waals surface area contributed by atoms with Crippen molar-refractivity contribution >= 4 is 33.2 Å². The molecule has 1 heterocycles. The summed E-state index contributed by atoms with van der Waals surface area (Å²) >= 11 is 2.97. The molecule has 1 saturated carbocycles. The van der Waals surface area contributed by atoms with E-state index in [4.69, 9.17) is 0 Å². The van der Waals surface area contributed by atoms with Crippen LogP contribution in [-0.2, 0) is 0 Å². The third-order valence-electron chi connectivity index (χ3n) is 2.93. The Balaban J connectivity index is 1.91. The fourth-order valence-corrected chi connectivity index (χ4v) is 3.23. The van der Waals surface area contributed by atoms with E-state index in [-0.39, 0.29) is 5.00 Å². The molecule has 0 bridgehead atoms. The van der Waals surface area contributed by atoms with E-state index >= 15 is 0 Å². The lowest BCUT2D eigenvalue weighted by Gasteiger charge is -2.40. The monoisotopic (exact) mass is 259 g/mol. The number of rotatable bonds is 5. The molecule has 1 aliphatic carbocycles. The van der Waals surface area contributed by atoms with Crippen LogP contribution in [0.4, 0.5) is 10.1 Å². The number of anilines is 1. The first-order valence-corrected chi connectivity index (χ1v) is 7.09. The fraction of sp³-hybridized carbons (Fsp3) is 0.667. The van der Waals surface area contributed by atoms with Gasteiger partial charge in [0.2, 0.25) is 0 Å². The van der Waals surface area contributed by atoms with Crippen LogP contribution in [0.25, 0.3) is 0 Å². The Morgan fingerprint density at radius 2 is 2.50 bits per heavy atom. The summed E-state index contributed by atoms with van der Waals surface area (Å²) in [6.07, 6.45) is 7.13. The van der Waals surface area contributed by atoms with Crippen molar-refractivity contribution in [3.63, 3.8) is 0 Å². The van der Waals surface area contributed by atoms with Gasteiger partial charge < -0.3 is 5.32 Å². The van der Waals surface area contributed by atoms with Gasteiger partial charge in [0.05, 0.1) is 4.92 Å². The molecule has 1 aromatic heterocycles. The summed E-state index contributed by atoms with van der Waals surface area (Å²) in [6.45, 7) is 0.846. The summed E-state index contributed by atoms with van der Waals surface area (Å²) in [6, 6.07) is 0. The van der Waals surface area contributed by atoms with Crippen molar-refractivity contribution < 1.29 is 4.92 Å². The quantitative estimate of drug-likeness (QED) is 0.650. The van der Waals surface area contributed by atoms with E-state index in [0.29, 0.717) is 9.88 Å². The summed E-state index contributed by atoms with van der Waals surface area (Å²) in [5.41, 5.74) is 0. The lowest BCUT2D eigenvalue weighted by molar-refractivity contribution is -0.380. The molecule has 0 saturated heterocycles. The lowest BCUT2D eigenvalue weighted by atomic mass is 9.84. The van der Waals surface area contributed by atoms with Crippen molar-refractivity contribution in [3.05, 3.63) is 16.3 Å². The van der Waals surface area contributed by atoms with Gasteiger partial charge in [-0.2, -0.15) is 11.8 Å². The van der Waals surface area contributed by atoms with Gasteiger partial charge in [-0.1, -0.05) is 6.42 Å². The van der Waals surface area contributed by atoms with Gasteiger partial charge in [-0.3, -0.25) is 10.1 Å². The molecule has 1 aromatic rings. The summed E-state index contributed by atoms with van der Waals surface area (Å²) < 4.78 is 0.320. The van der Waals surface area contributed by atoms with Gasteiger partial charge in [0, 0.05) is 11.3 Å². The highest BCUT2D eigenvalue weighted by molar-refractivity contribution is 8.00. The molecule has 16 heavy (non-hydrogen) atoms. The molecule has 7 heteroatoms. The third kappa shape index (κ3) is 2.30. The minimum Gasteiger partial charge on any atom is -0.360 e. The van der Waals surface area contributed by atoms with Gasteiger partial charge in [-0.15, -0.1) is 0 Å². The Morgan fingerprint density at radius 3 is 2.94 bits per heavy atom. The van der Waals surface area contributed by atoms with Gasteiger partial charge in [0.15, 0.2) is 5.13 Å². The van der Waals surface area contributed by atoms with E-state index in [1.165, 1.54) is 25.5 Å². The molecular weight excluding hydrogens is 246 g/mol. The van der Waals surface area contributed by atoms with Crippen molar-refractivity contribution in [3.8, 4) is 0 Å². The minimum atomic E-state index is -0.406. The second-order valence-corrected chi connectivity index (χ2v) is 6.14. The Bertz CT molecular complexity index is 384. The molecule has 0 spiro atoms. The molecule has 0 aromatic carbocycles. The van der Waals surface area contributed by atoms with Gasteiger partial charge in [-0.05, 0) is 30.4 Å². The smallest absolute Gasteiger partial charge is 0.345 e. The second-order valence-electron chi connectivity index (χ2n) is 3.86. The maximum absolute atomic E-state index is 10.5. The largest absolute Gasteiger partial charge is 0.360 e. The highest BCUT2D eigenvalue weighted by Crippen LogP contribution is 2.43. The Hall–Kier alpha value is -0.820. The molecule has 0 unspecified atom stereocenters. The number of thiazole rings is 1. The highest BCUT2D eigenvalue weighted by atomic mass is 32.2. The zero-order chi connectivity index (χ0) is 11.6. The number of nitro groups is 1. The Kier molecular flexibility index (Phi) is 3.34. The molecule has 1 N–H and O–H groups in total. The molecule has 0 amide bonds. The topological polar surface area (TPSA) is 68.1 Å². The maximum atomic E-state index is 10.5. The van der Waals surface area contributed by atoms with Crippen LogP contribution in [0.1, 0.15) is 19.3 Å². The predicted octanol–water partition coefficient (Wildman–Crippen LogP) is 2.75. The van der Waals surface area contributed by atoms with E-state index in [1.807, 2.05) is 11.8 Å². The summed E-state index contributed by atoms with van der Waals surface area (Å²) in [7, 11) is 0. The van der Waals surface area contributed by atoms with Crippen LogP contribution in [-0.4, -0.2) is 27.5 Å². The van der Waals surface area contributed by atoms with Gasteiger partial charge in [-0.25, -0.2) is 4.98 Å². The van der Waals surface area contributed by atoms with Crippen LogP contribution in [0.3, 0.4) is 0 Å². The van der Waals surface area contributed by atoms with E-state index < -0.39 is 4.92 Å². The third-order valence-corrected chi connectivity index (χ3v) is 5.26. The second kappa shape index (κ2) is 4.58. The van der Waals surface area contributed by atoms with Crippen LogP contribution < -0.4 is 5.32 Å². The van der Waals surface area contributed by atoms with Crippen molar-refractivity contribution in [1.29, 1.82) is 0 Å². The number of nitrogens with zero attached hydrogens (tertiary/aromatic N) is 2. The molecule has 1 aliphatic rings. The van der Waals surface area contributed by atoms with Crippen LogP contribution in [0.2, 0.25) is 0 Å². The molecule has 0 aliphatic heterocycles. The minimum absolute atomic E-state index is 0.0920. The molecule has 1 fully saturated rings. The first kappa shape index (κ1) is 11.7. The number of hydrogen-bond acceptors (Lipinski definition) is 6. The maximum Gasteiger partial charge on any atom is 0.345 e. The van der Waals surface area contributed by atoms with Gasteiger partial charge in [0.25, 0.3) is 0 Å². The lowest BCUT2D eigenvalue weighted by Crippen LogP contribution is -2.40. The summed E-state index contributed by atoms with van der Waals surface area (Å²) in [5, 5.41) is 14.4. The first-order chi connectivity index (χ1) is 7.65. The summed E-state index contributed by atoms with van der Waals surface area (Å²) in [5.74, 6) is 0. The molecule has 0 atom stereocenters.